The Morgan fingerprint density at radius 1 is 1.11 bits per heavy atom. The zero-order valence-corrected chi connectivity index (χ0v) is 23.0. The minimum absolute atomic E-state index is 0.00924. The number of nitrogens with one attached hydrogen (secondary N) is 3. The molecule has 8 nitrogen and oxygen atoms in total. The molecular formula is C29H37ClN4O4. The maximum Gasteiger partial charge on any atom is 0.268 e. The first-order valence-electron chi connectivity index (χ1n) is 13.7. The summed E-state index contributed by atoms with van der Waals surface area (Å²) in [5, 5.41) is 6.78. The van der Waals surface area contributed by atoms with Crippen LogP contribution in [0.15, 0.2) is 30.3 Å². The molecule has 2 aliphatic carbocycles. The molecule has 204 valence electrons. The predicted octanol–water partition coefficient (Wildman–Crippen LogP) is 3.64. The molecule has 5 rings (SSSR count). The van der Waals surface area contributed by atoms with E-state index in [2.05, 4.69) is 29.5 Å². The number of ketones is 1. The summed E-state index contributed by atoms with van der Waals surface area (Å²) in [5.41, 5.74) is 1.21. The van der Waals surface area contributed by atoms with Gasteiger partial charge in [-0.2, -0.15) is 0 Å². The van der Waals surface area contributed by atoms with Crippen LogP contribution in [0.25, 0.3) is 10.9 Å². The van der Waals surface area contributed by atoms with Gasteiger partial charge in [0.15, 0.2) is 5.78 Å². The van der Waals surface area contributed by atoms with E-state index < -0.39 is 18.1 Å². The van der Waals surface area contributed by atoms with E-state index in [4.69, 9.17) is 11.6 Å². The highest BCUT2D eigenvalue weighted by atomic mass is 35.5. The Labute approximate surface area is 228 Å². The van der Waals surface area contributed by atoms with Gasteiger partial charge in [-0.1, -0.05) is 51.3 Å². The average Bonchev–Trinajstić information content (AvgIpc) is 3.30. The standard InChI is InChI=1S/C29H37ClN4O4/c1-16(22(35)14-30)31-27(37)25-23-19(29(23,2)3)15-34(25)28(38)24(17-9-5-4-6-10-17)33-26(36)21-13-18-11-7-8-12-20(18)32-21/h7-8,11-13,16-17,19,23-25,32H,4-6,9-10,14-15H2,1-3H3,(H,31,37)(H,33,36)/t16-,19-,23-,24-,25-/m0/s1. The molecule has 2 aromatic rings. The molecule has 0 radical (unpaired) electrons. The molecule has 9 heteroatoms. The molecule has 3 N–H and O–H groups in total. The number of Topliss-reactive ketones (excluding diaryl/α,β-unsaturated/α-hetero) is 1. The van der Waals surface area contributed by atoms with E-state index in [1.54, 1.807) is 17.9 Å². The van der Waals surface area contributed by atoms with Crippen molar-refractivity contribution in [1.29, 1.82) is 0 Å². The van der Waals surface area contributed by atoms with Gasteiger partial charge < -0.3 is 20.5 Å². The zero-order valence-electron chi connectivity index (χ0n) is 22.3. The van der Waals surface area contributed by atoms with E-state index in [1.807, 2.05) is 24.3 Å². The highest BCUT2D eigenvalue weighted by Crippen LogP contribution is 2.65. The number of rotatable bonds is 8. The number of nitrogens with zero attached hydrogens (tertiary/aromatic N) is 1. The molecule has 0 unspecified atom stereocenters. The number of amides is 3. The molecule has 3 fully saturated rings. The second kappa shape index (κ2) is 10.4. The lowest BCUT2D eigenvalue weighted by Crippen LogP contribution is -2.59. The number of halogens is 1. The largest absolute Gasteiger partial charge is 0.351 e. The van der Waals surface area contributed by atoms with Crippen LogP contribution in [0.4, 0.5) is 0 Å². The molecular weight excluding hydrogens is 504 g/mol. The molecule has 2 heterocycles. The minimum Gasteiger partial charge on any atom is -0.351 e. The third kappa shape index (κ3) is 4.83. The maximum absolute atomic E-state index is 14.2. The van der Waals surface area contributed by atoms with Crippen molar-refractivity contribution < 1.29 is 19.2 Å². The van der Waals surface area contributed by atoms with E-state index in [0.717, 1.165) is 43.0 Å². The number of piperidine rings is 1. The first-order chi connectivity index (χ1) is 18.1. The highest BCUT2D eigenvalue weighted by Gasteiger charge is 2.69. The van der Waals surface area contributed by atoms with Crippen molar-refractivity contribution in [3.8, 4) is 0 Å². The molecule has 38 heavy (non-hydrogen) atoms. The fourth-order valence-corrected chi connectivity index (χ4v) is 6.98. The molecule has 5 atom stereocenters. The second-order valence-electron chi connectivity index (χ2n) is 11.8. The first kappa shape index (κ1) is 26.7. The van der Waals surface area contributed by atoms with Crippen molar-refractivity contribution in [2.45, 2.75) is 71.0 Å². The number of carbonyl (C=O) groups is 4. The molecule has 2 saturated carbocycles. The molecule has 0 bridgehead atoms. The summed E-state index contributed by atoms with van der Waals surface area (Å²) in [6, 6.07) is 7.34. The highest BCUT2D eigenvalue weighted by molar-refractivity contribution is 6.28. The van der Waals surface area contributed by atoms with Gasteiger partial charge in [0.05, 0.1) is 11.9 Å². The lowest BCUT2D eigenvalue weighted by molar-refractivity contribution is -0.143. The van der Waals surface area contributed by atoms with Crippen LogP contribution < -0.4 is 10.6 Å². The molecule has 0 spiro atoms. The van der Waals surface area contributed by atoms with Gasteiger partial charge in [-0.25, -0.2) is 0 Å². The number of alkyl halides is 1. The number of para-hydroxylation sites is 1. The van der Waals surface area contributed by atoms with Crippen molar-refractivity contribution >= 4 is 46.0 Å². The van der Waals surface area contributed by atoms with Gasteiger partial charge >= 0.3 is 0 Å². The monoisotopic (exact) mass is 540 g/mol. The number of carbonyl (C=O) groups excluding carboxylic acids is 4. The van der Waals surface area contributed by atoms with E-state index in [0.29, 0.717) is 12.2 Å². The summed E-state index contributed by atoms with van der Waals surface area (Å²) in [6.45, 7) is 6.32. The summed E-state index contributed by atoms with van der Waals surface area (Å²) in [7, 11) is 0. The SMILES string of the molecule is C[C@H](NC(=O)[C@@H]1[C@@H]2[C@H](CN1C(=O)[C@@H](NC(=O)c1cc3ccccc3[nH]1)C1CCCCC1)C2(C)C)C(=O)CCl. The van der Waals surface area contributed by atoms with Gasteiger partial charge in [0.2, 0.25) is 11.8 Å². The molecule has 1 aromatic heterocycles. The van der Waals surface area contributed by atoms with Crippen LogP contribution in [0.1, 0.15) is 63.4 Å². The van der Waals surface area contributed by atoms with Gasteiger partial charge in [0, 0.05) is 17.4 Å². The summed E-state index contributed by atoms with van der Waals surface area (Å²) >= 11 is 5.70. The van der Waals surface area contributed by atoms with Crippen molar-refractivity contribution in [2.75, 3.05) is 12.4 Å². The smallest absolute Gasteiger partial charge is 0.268 e. The number of fused-ring (bicyclic) bond motifs is 2. The van der Waals surface area contributed by atoms with Gasteiger partial charge in [0.1, 0.15) is 17.8 Å². The van der Waals surface area contributed by atoms with Crippen molar-refractivity contribution in [3.63, 3.8) is 0 Å². The van der Waals surface area contributed by atoms with Gasteiger partial charge in [-0.15, -0.1) is 11.6 Å². The Kier molecular flexibility index (Phi) is 7.29. The van der Waals surface area contributed by atoms with Gasteiger partial charge in [-0.3, -0.25) is 19.2 Å². The molecule has 1 aliphatic heterocycles. The summed E-state index contributed by atoms with van der Waals surface area (Å²) in [4.78, 5) is 57.9. The third-order valence-electron chi connectivity index (χ3n) is 9.18. The number of hydrogen-bond acceptors (Lipinski definition) is 4. The Bertz CT molecular complexity index is 1220. The van der Waals surface area contributed by atoms with Crippen LogP contribution >= 0.6 is 11.6 Å². The predicted molar refractivity (Wildman–Crippen MR) is 146 cm³/mol. The Hall–Kier alpha value is -2.87. The summed E-state index contributed by atoms with van der Waals surface area (Å²) < 4.78 is 0. The lowest BCUT2D eigenvalue weighted by atomic mass is 9.83. The van der Waals surface area contributed by atoms with E-state index in [9.17, 15) is 19.2 Å². The van der Waals surface area contributed by atoms with Crippen LogP contribution in [0.3, 0.4) is 0 Å². The maximum atomic E-state index is 14.2. The van der Waals surface area contributed by atoms with Crippen LogP contribution in [0.5, 0.6) is 0 Å². The van der Waals surface area contributed by atoms with E-state index >= 15 is 0 Å². The molecule has 3 amide bonds. The second-order valence-corrected chi connectivity index (χ2v) is 12.1. The third-order valence-corrected chi connectivity index (χ3v) is 9.45. The lowest BCUT2D eigenvalue weighted by Gasteiger charge is -2.37. The van der Waals surface area contributed by atoms with E-state index in [-0.39, 0.29) is 52.6 Å². The minimum atomic E-state index is -0.728. The number of likely N-dealkylation sites (tertiary alicyclic amines) is 1. The molecule has 1 aromatic carbocycles. The first-order valence-corrected chi connectivity index (χ1v) is 14.2. The van der Waals surface area contributed by atoms with Crippen molar-refractivity contribution in [2.24, 2.45) is 23.2 Å². The number of H-pyrrole nitrogens is 1. The van der Waals surface area contributed by atoms with Crippen LogP contribution in [-0.4, -0.2) is 63.9 Å². The Morgan fingerprint density at radius 3 is 2.50 bits per heavy atom. The zero-order chi connectivity index (χ0) is 27.2. The topological polar surface area (TPSA) is 111 Å². The normalized spacial score (nSPS) is 25.9. The fraction of sp³-hybridized carbons (Fsp3) is 0.586. The molecule has 3 aliphatic rings. The number of aromatic nitrogens is 1. The fourth-order valence-electron chi connectivity index (χ4n) is 6.75. The van der Waals surface area contributed by atoms with Crippen LogP contribution in [-0.2, 0) is 14.4 Å². The quantitative estimate of drug-likeness (QED) is 0.444. The number of benzene rings is 1. The Balaban J connectivity index is 1.39. The van der Waals surface area contributed by atoms with Crippen molar-refractivity contribution in [3.05, 3.63) is 36.0 Å². The summed E-state index contributed by atoms with van der Waals surface area (Å²) in [6.07, 6.45) is 4.85. The summed E-state index contributed by atoms with van der Waals surface area (Å²) in [5.74, 6) is -1.08. The average molecular weight is 541 g/mol. The van der Waals surface area contributed by atoms with E-state index in [1.165, 1.54) is 0 Å². The molecule has 1 saturated heterocycles. The Morgan fingerprint density at radius 2 is 1.82 bits per heavy atom. The van der Waals surface area contributed by atoms with Crippen molar-refractivity contribution in [1.82, 2.24) is 20.5 Å². The van der Waals surface area contributed by atoms with Crippen LogP contribution in [0, 0.1) is 23.2 Å². The number of aromatic amines is 1. The number of hydrogen-bond donors (Lipinski definition) is 3. The van der Waals surface area contributed by atoms with Gasteiger partial charge in [0.25, 0.3) is 5.91 Å². The van der Waals surface area contributed by atoms with Gasteiger partial charge in [-0.05, 0) is 55.1 Å². The van der Waals surface area contributed by atoms with Crippen LogP contribution in [0.2, 0.25) is 0 Å².